The van der Waals surface area contributed by atoms with Crippen LogP contribution in [0.4, 0.5) is 0 Å². The van der Waals surface area contributed by atoms with Crippen molar-refractivity contribution in [1.29, 1.82) is 0 Å². The van der Waals surface area contributed by atoms with Crippen molar-refractivity contribution in [2.24, 2.45) is 5.92 Å². The van der Waals surface area contributed by atoms with Crippen molar-refractivity contribution in [1.82, 2.24) is 10.0 Å². The number of nitrogens with one attached hydrogen (secondary N) is 1. The first kappa shape index (κ1) is 15.5. The number of hydrogen-bond acceptors (Lipinski definition) is 4. The van der Waals surface area contributed by atoms with Gasteiger partial charge in [-0.15, -0.1) is 5.06 Å². The van der Waals surface area contributed by atoms with Gasteiger partial charge in [0, 0.05) is 35.3 Å². The lowest BCUT2D eigenvalue weighted by Gasteiger charge is -2.14. The molecule has 2 heterocycles. The van der Waals surface area contributed by atoms with Gasteiger partial charge in [-0.05, 0) is 42.3 Å². The first-order valence-corrected chi connectivity index (χ1v) is 8.98. The van der Waals surface area contributed by atoms with E-state index in [2.05, 4.69) is 11.1 Å². The van der Waals surface area contributed by atoms with Crippen LogP contribution in [0.2, 0.25) is 0 Å². The monoisotopic (exact) mass is 348 g/mol. The lowest BCUT2D eigenvalue weighted by molar-refractivity contribution is -0.0136. The Labute approximate surface area is 151 Å². The molecular weight excluding hydrogens is 328 g/mol. The number of aromatic nitrogens is 1. The van der Waals surface area contributed by atoms with Crippen molar-refractivity contribution >= 4 is 10.8 Å². The average molecular weight is 348 g/mol. The van der Waals surface area contributed by atoms with Crippen LogP contribution in [-0.4, -0.2) is 23.7 Å². The third kappa shape index (κ3) is 2.65. The molecular formula is C21H20N2O3. The summed E-state index contributed by atoms with van der Waals surface area (Å²) >= 11 is 0. The van der Waals surface area contributed by atoms with Gasteiger partial charge in [0.25, 0.3) is 5.56 Å². The highest BCUT2D eigenvalue weighted by atomic mass is 16.7. The molecule has 1 N–H and O–H groups in total. The number of nitrogens with zero attached hydrogens (tertiary/aromatic N) is 1. The molecule has 0 radical (unpaired) electrons. The van der Waals surface area contributed by atoms with E-state index in [1.54, 1.807) is 6.20 Å². The van der Waals surface area contributed by atoms with Gasteiger partial charge in [-0.1, -0.05) is 18.2 Å². The Hall–Kier alpha value is -2.79. The summed E-state index contributed by atoms with van der Waals surface area (Å²) in [6.45, 7) is 1.48. The highest BCUT2D eigenvalue weighted by Crippen LogP contribution is 2.42. The molecule has 2 aromatic carbocycles. The third-order valence-electron chi connectivity index (χ3n) is 5.08. The second-order valence-electron chi connectivity index (χ2n) is 7.16. The number of fused-ring (bicyclic) bond motifs is 2. The summed E-state index contributed by atoms with van der Waals surface area (Å²) in [5.41, 5.74) is 2.94. The quantitative estimate of drug-likeness (QED) is 0.781. The van der Waals surface area contributed by atoms with E-state index < -0.39 is 0 Å². The van der Waals surface area contributed by atoms with Crippen LogP contribution in [0.1, 0.15) is 18.4 Å². The molecule has 5 rings (SSSR count). The number of benzene rings is 2. The number of ether oxygens (including phenoxy) is 1. The molecule has 0 amide bonds. The van der Waals surface area contributed by atoms with E-state index in [0.29, 0.717) is 11.3 Å². The first-order chi connectivity index (χ1) is 12.7. The summed E-state index contributed by atoms with van der Waals surface area (Å²) in [7, 11) is 1.92. The third-order valence-corrected chi connectivity index (χ3v) is 5.08. The fraction of sp³-hybridized carbons (Fsp3) is 0.286. The fourth-order valence-corrected chi connectivity index (χ4v) is 3.50. The van der Waals surface area contributed by atoms with Crippen molar-refractivity contribution in [2.45, 2.75) is 19.4 Å². The molecule has 0 bridgehead atoms. The Kier molecular flexibility index (Phi) is 3.50. The summed E-state index contributed by atoms with van der Waals surface area (Å²) in [5, 5.41) is 3.40. The van der Waals surface area contributed by atoms with Crippen LogP contribution >= 0.6 is 0 Å². The van der Waals surface area contributed by atoms with Crippen LogP contribution in [0.5, 0.6) is 11.5 Å². The molecule has 0 saturated heterocycles. The molecule has 1 aliphatic heterocycles. The minimum Gasteiger partial charge on any atom is -0.493 e. The van der Waals surface area contributed by atoms with Gasteiger partial charge >= 0.3 is 0 Å². The Morgan fingerprint density at radius 3 is 2.81 bits per heavy atom. The molecule has 0 atom stereocenters. The molecule has 1 fully saturated rings. The summed E-state index contributed by atoms with van der Waals surface area (Å²) < 4.78 is 6.19. The molecule has 132 valence electrons. The van der Waals surface area contributed by atoms with Gasteiger partial charge < -0.3 is 14.6 Å². The van der Waals surface area contributed by atoms with Crippen LogP contribution in [-0.2, 0) is 6.54 Å². The molecule has 1 aromatic heterocycles. The number of hydrogen-bond donors (Lipinski definition) is 1. The first-order valence-electron chi connectivity index (χ1n) is 8.98. The highest BCUT2D eigenvalue weighted by Gasteiger charge is 2.25. The molecule has 2 aliphatic rings. The van der Waals surface area contributed by atoms with E-state index in [1.807, 2.05) is 42.4 Å². The van der Waals surface area contributed by atoms with E-state index in [4.69, 9.17) is 9.57 Å². The fourth-order valence-electron chi connectivity index (χ4n) is 3.50. The molecule has 1 saturated carbocycles. The van der Waals surface area contributed by atoms with Gasteiger partial charge in [-0.2, -0.15) is 0 Å². The molecule has 26 heavy (non-hydrogen) atoms. The van der Waals surface area contributed by atoms with Crippen LogP contribution in [0.25, 0.3) is 21.9 Å². The van der Waals surface area contributed by atoms with E-state index in [0.717, 1.165) is 46.7 Å². The van der Waals surface area contributed by atoms with E-state index in [-0.39, 0.29) is 5.56 Å². The minimum atomic E-state index is -0.0815. The smallest absolute Gasteiger partial charge is 0.255 e. The van der Waals surface area contributed by atoms with E-state index in [1.165, 1.54) is 12.8 Å². The SMILES string of the molecule is CN1Cc2cc(OCC3CC3)c(-c3c[nH]c(=O)c4ccccc34)cc2O1. The van der Waals surface area contributed by atoms with Crippen LogP contribution in [0.15, 0.2) is 47.4 Å². The van der Waals surface area contributed by atoms with E-state index in [9.17, 15) is 4.79 Å². The molecule has 0 spiro atoms. The van der Waals surface area contributed by atoms with Crippen LogP contribution in [0, 0.1) is 5.92 Å². The van der Waals surface area contributed by atoms with Gasteiger partial charge in [-0.25, -0.2) is 0 Å². The van der Waals surface area contributed by atoms with Crippen molar-refractivity contribution in [3.8, 4) is 22.6 Å². The molecule has 1 aliphatic carbocycles. The Morgan fingerprint density at radius 1 is 1.19 bits per heavy atom. The predicted octanol–water partition coefficient (Wildman–Crippen LogP) is 3.72. The second kappa shape index (κ2) is 5.88. The number of pyridine rings is 1. The maximum Gasteiger partial charge on any atom is 0.255 e. The maximum absolute atomic E-state index is 12.2. The normalized spacial score (nSPS) is 16.5. The van der Waals surface area contributed by atoms with Gasteiger partial charge in [0.15, 0.2) is 5.75 Å². The van der Waals surface area contributed by atoms with Gasteiger partial charge in [-0.3, -0.25) is 4.79 Å². The van der Waals surface area contributed by atoms with Crippen molar-refractivity contribution in [2.75, 3.05) is 13.7 Å². The Bertz CT molecular complexity index is 1050. The zero-order valence-electron chi connectivity index (χ0n) is 14.6. The number of rotatable bonds is 4. The maximum atomic E-state index is 12.2. The van der Waals surface area contributed by atoms with Crippen molar-refractivity contribution in [3.63, 3.8) is 0 Å². The summed E-state index contributed by atoms with van der Waals surface area (Å²) in [5.74, 6) is 2.37. The number of hydroxylamine groups is 2. The number of aromatic amines is 1. The average Bonchev–Trinajstić information content (AvgIpc) is 3.40. The highest BCUT2D eigenvalue weighted by molar-refractivity contribution is 5.97. The van der Waals surface area contributed by atoms with Crippen molar-refractivity contribution < 1.29 is 9.57 Å². The van der Waals surface area contributed by atoms with Crippen LogP contribution in [0.3, 0.4) is 0 Å². The largest absolute Gasteiger partial charge is 0.493 e. The summed E-state index contributed by atoms with van der Waals surface area (Å²) in [6, 6.07) is 11.8. The molecule has 0 unspecified atom stereocenters. The lowest BCUT2D eigenvalue weighted by Crippen LogP contribution is -2.13. The number of H-pyrrole nitrogens is 1. The molecule has 5 nitrogen and oxygen atoms in total. The van der Waals surface area contributed by atoms with Gasteiger partial charge in [0.05, 0.1) is 13.2 Å². The second-order valence-corrected chi connectivity index (χ2v) is 7.16. The zero-order chi connectivity index (χ0) is 17.7. The molecule has 5 heteroatoms. The predicted molar refractivity (Wildman–Crippen MR) is 100 cm³/mol. The Balaban J connectivity index is 1.69. The lowest BCUT2D eigenvalue weighted by atomic mass is 9.98. The molecule has 3 aromatic rings. The minimum absolute atomic E-state index is 0.0815. The van der Waals surface area contributed by atoms with Crippen LogP contribution < -0.4 is 15.1 Å². The van der Waals surface area contributed by atoms with E-state index >= 15 is 0 Å². The Morgan fingerprint density at radius 2 is 2.00 bits per heavy atom. The summed E-state index contributed by atoms with van der Waals surface area (Å²) in [4.78, 5) is 20.8. The standard InChI is InChI=1S/C21H20N2O3/c1-23-11-14-8-20(25-12-13-6-7-13)17(9-19(14)26-23)18-10-22-21(24)16-5-3-2-4-15(16)18/h2-5,8-10,13H,6-7,11-12H2,1H3,(H,22,24). The summed E-state index contributed by atoms with van der Waals surface area (Å²) in [6.07, 6.45) is 4.26. The topological polar surface area (TPSA) is 54.6 Å². The van der Waals surface area contributed by atoms with Crippen molar-refractivity contribution in [3.05, 3.63) is 58.5 Å². The van der Waals surface area contributed by atoms with Gasteiger partial charge in [0.2, 0.25) is 0 Å². The zero-order valence-corrected chi connectivity index (χ0v) is 14.6. The van der Waals surface area contributed by atoms with Gasteiger partial charge in [0.1, 0.15) is 5.75 Å².